The van der Waals surface area contributed by atoms with Crippen molar-refractivity contribution in [2.24, 2.45) is 5.41 Å². The Labute approximate surface area is 117 Å². The predicted molar refractivity (Wildman–Crippen MR) is 81.0 cm³/mol. The SMILES string of the molecule is CNCC1(Cc2cc(C(C)C)ccc2OC)CCC1. The van der Waals surface area contributed by atoms with Crippen LogP contribution in [0, 0.1) is 5.41 Å². The third-order valence-electron chi connectivity index (χ3n) is 4.50. The van der Waals surface area contributed by atoms with Gasteiger partial charge in [0.2, 0.25) is 0 Å². The second kappa shape index (κ2) is 5.96. The first-order valence-electron chi connectivity index (χ1n) is 7.42. The van der Waals surface area contributed by atoms with Crippen molar-refractivity contribution in [1.29, 1.82) is 0 Å². The van der Waals surface area contributed by atoms with Crippen molar-refractivity contribution >= 4 is 0 Å². The van der Waals surface area contributed by atoms with E-state index in [9.17, 15) is 0 Å². The van der Waals surface area contributed by atoms with E-state index in [1.165, 1.54) is 30.4 Å². The molecule has 19 heavy (non-hydrogen) atoms. The van der Waals surface area contributed by atoms with Gasteiger partial charge in [0.05, 0.1) is 7.11 Å². The first-order valence-corrected chi connectivity index (χ1v) is 7.42. The van der Waals surface area contributed by atoms with E-state index in [0.29, 0.717) is 11.3 Å². The highest BCUT2D eigenvalue weighted by molar-refractivity contribution is 5.39. The summed E-state index contributed by atoms with van der Waals surface area (Å²) in [5, 5.41) is 3.36. The lowest BCUT2D eigenvalue weighted by Gasteiger charge is -2.42. The third-order valence-corrected chi connectivity index (χ3v) is 4.50. The smallest absolute Gasteiger partial charge is 0.122 e. The van der Waals surface area contributed by atoms with E-state index in [2.05, 4.69) is 44.4 Å². The number of nitrogens with one attached hydrogen (secondary N) is 1. The zero-order valence-corrected chi connectivity index (χ0v) is 12.8. The maximum Gasteiger partial charge on any atom is 0.122 e. The standard InChI is InChI=1S/C17H27NO/c1-13(2)14-6-7-16(19-4)15(10-14)11-17(12-18-3)8-5-9-17/h6-7,10,13,18H,5,8-9,11-12H2,1-4H3. The molecule has 0 aliphatic heterocycles. The number of hydrogen-bond donors (Lipinski definition) is 1. The monoisotopic (exact) mass is 261 g/mol. The fraction of sp³-hybridized carbons (Fsp3) is 0.647. The fourth-order valence-electron chi connectivity index (χ4n) is 3.17. The lowest BCUT2D eigenvalue weighted by molar-refractivity contribution is 0.132. The van der Waals surface area contributed by atoms with Crippen LogP contribution < -0.4 is 10.1 Å². The van der Waals surface area contributed by atoms with Gasteiger partial charge in [-0.05, 0) is 54.8 Å². The second-order valence-electron chi connectivity index (χ2n) is 6.29. The summed E-state index contributed by atoms with van der Waals surface area (Å²) >= 11 is 0. The van der Waals surface area contributed by atoms with Gasteiger partial charge in [-0.25, -0.2) is 0 Å². The molecule has 0 spiro atoms. The Balaban J connectivity index is 2.24. The molecule has 0 bridgehead atoms. The second-order valence-corrected chi connectivity index (χ2v) is 6.29. The number of hydrogen-bond acceptors (Lipinski definition) is 2. The number of ether oxygens (including phenoxy) is 1. The molecule has 1 aliphatic carbocycles. The van der Waals surface area contributed by atoms with Crippen molar-refractivity contribution < 1.29 is 4.74 Å². The Hall–Kier alpha value is -1.02. The summed E-state index contributed by atoms with van der Waals surface area (Å²) in [5.41, 5.74) is 3.25. The van der Waals surface area contributed by atoms with Crippen LogP contribution in [0.4, 0.5) is 0 Å². The molecule has 0 amide bonds. The molecule has 0 aromatic heterocycles. The van der Waals surface area contributed by atoms with Crippen LogP contribution in [0.5, 0.6) is 5.75 Å². The Kier molecular flexibility index (Phi) is 4.51. The molecule has 0 radical (unpaired) electrons. The summed E-state index contributed by atoms with van der Waals surface area (Å²) in [6.45, 7) is 5.61. The number of benzene rings is 1. The van der Waals surface area contributed by atoms with Gasteiger partial charge >= 0.3 is 0 Å². The van der Waals surface area contributed by atoms with Crippen molar-refractivity contribution in [3.63, 3.8) is 0 Å². The average Bonchev–Trinajstić information content (AvgIpc) is 2.36. The van der Waals surface area contributed by atoms with E-state index in [1.54, 1.807) is 7.11 Å². The van der Waals surface area contributed by atoms with Crippen LogP contribution in [-0.2, 0) is 6.42 Å². The van der Waals surface area contributed by atoms with Crippen LogP contribution in [0.25, 0.3) is 0 Å². The van der Waals surface area contributed by atoms with Crippen molar-refractivity contribution in [2.45, 2.75) is 45.4 Å². The van der Waals surface area contributed by atoms with Crippen molar-refractivity contribution in [1.82, 2.24) is 5.32 Å². The predicted octanol–water partition coefficient (Wildman–Crippen LogP) is 3.75. The molecule has 0 unspecified atom stereocenters. The highest BCUT2D eigenvalue weighted by atomic mass is 16.5. The molecule has 1 fully saturated rings. The molecule has 0 heterocycles. The van der Waals surface area contributed by atoms with E-state index >= 15 is 0 Å². The molecule has 0 saturated heterocycles. The molecular formula is C17H27NO. The first-order chi connectivity index (χ1) is 9.10. The molecule has 1 aromatic rings. The van der Waals surface area contributed by atoms with Crippen LogP contribution in [0.15, 0.2) is 18.2 Å². The quantitative estimate of drug-likeness (QED) is 0.842. The van der Waals surface area contributed by atoms with E-state index in [0.717, 1.165) is 18.7 Å². The molecular weight excluding hydrogens is 234 g/mol. The van der Waals surface area contributed by atoms with E-state index in [4.69, 9.17) is 4.74 Å². The van der Waals surface area contributed by atoms with Gasteiger partial charge in [-0.1, -0.05) is 32.4 Å². The summed E-state index contributed by atoms with van der Waals surface area (Å²) < 4.78 is 5.55. The molecule has 1 saturated carbocycles. The molecule has 2 rings (SSSR count). The van der Waals surface area contributed by atoms with E-state index in [-0.39, 0.29) is 0 Å². The molecule has 2 nitrogen and oxygen atoms in total. The zero-order valence-electron chi connectivity index (χ0n) is 12.8. The van der Waals surface area contributed by atoms with Crippen LogP contribution in [0.3, 0.4) is 0 Å². The first kappa shape index (κ1) is 14.4. The Morgan fingerprint density at radius 1 is 1.32 bits per heavy atom. The van der Waals surface area contributed by atoms with E-state index < -0.39 is 0 Å². The summed E-state index contributed by atoms with van der Waals surface area (Å²) in [5.74, 6) is 1.62. The topological polar surface area (TPSA) is 21.3 Å². The lowest BCUT2D eigenvalue weighted by Crippen LogP contribution is -2.40. The van der Waals surface area contributed by atoms with E-state index in [1.807, 2.05) is 0 Å². The largest absolute Gasteiger partial charge is 0.496 e. The average molecular weight is 261 g/mol. The van der Waals surface area contributed by atoms with Gasteiger partial charge in [0.25, 0.3) is 0 Å². The summed E-state index contributed by atoms with van der Waals surface area (Å²) in [6.07, 6.45) is 5.18. The van der Waals surface area contributed by atoms with Crippen molar-refractivity contribution in [3.8, 4) is 5.75 Å². The number of rotatable bonds is 6. The van der Waals surface area contributed by atoms with Crippen molar-refractivity contribution in [3.05, 3.63) is 29.3 Å². The third kappa shape index (κ3) is 3.11. The highest BCUT2D eigenvalue weighted by Gasteiger charge is 2.36. The van der Waals surface area contributed by atoms with Gasteiger partial charge in [0.1, 0.15) is 5.75 Å². The Morgan fingerprint density at radius 2 is 2.05 bits per heavy atom. The van der Waals surface area contributed by atoms with Crippen LogP contribution in [0.1, 0.15) is 50.2 Å². The number of methoxy groups -OCH3 is 1. The Bertz CT molecular complexity index is 421. The van der Waals surface area contributed by atoms with Crippen LogP contribution >= 0.6 is 0 Å². The summed E-state index contributed by atoms with van der Waals surface area (Å²) in [7, 11) is 3.83. The van der Waals surface area contributed by atoms with Gasteiger partial charge in [-0.3, -0.25) is 0 Å². The van der Waals surface area contributed by atoms with Crippen molar-refractivity contribution in [2.75, 3.05) is 20.7 Å². The van der Waals surface area contributed by atoms with Gasteiger partial charge in [0.15, 0.2) is 0 Å². The van der Waals surface area contributed by atoms with Gasteiger partial charge < -0.3 is 10.1 Å². The van der Waals surface area contributed by atoms with Crippen LogP contribution in [0.2, 0.25) is 0 Å². The highest BCUT2D eigenvalue weighted by Crippen LogP contribution is 2.44. The zero-order chi connectivity index (χ0) is 13.9. The summed E-state index contributed by atoms with van der Waals surface area (Å²) in [4.78, 5) is 0. The van der Waals surface area contributed by atoms with Gasteiger partial charge in [0, 0.05) is 6.54 Å². The maximum absolute atomic E-state index is 5.55. The molecule has 0 atom stereocenters. The fourth-order valence-corrected chi connectivity index (χ4v) is 3.17. The molecule has 1 aromatic carbocycles. The molecule has 1 N–H and O–H groups in total. The maximum atomic E-state index is 5.55. The minimum Gasteiger partial charge on any atom is -0.496 e. The Morgan fingerprint density at radius 3 is 2.53 bits per heavy atom. The summed E-state index contributed by atoms with van der Waals surface area (Å²) in [6, 6.07) is 6.67. The molecule has 106 valence electrons. The lowest BCUT2D eigenvalue weighted by atomic mass is 9.65. The molecule has 2 heteroatoms. The van der Waals surface area contributed by atoms with Crippen LogP contribution in [-0.4, -0.2) is 20.7 Å². The minimum atomic E-state index is 0.456. The van der Waals surface area contributed by atoms with Gasteiger partial charge in [-0.2, -0.15) is 0 Å². The van der Waals surface area contributed by atoms with Gasteiger partial charge in [-0.15, -0.1) is 0 Å². The molecule has 1 aliphatic rings. The minimum absolute atomic E-state index is 0.456. The normalized spacial score (nSPS) is 17.3.